The third-order valence-corrected chi connectivity index (χ3v) is 6.49. The monoisotopic (exact) mass is 564 g/mol. The van der Waals surface area contributed by atoms with Crippen LogP contribution in [0.25, 0.3) is 0 Å². The molecule has 0 spiro atoms. The highest BCUT2D eigenvalue weighted by Crippen LogP contribution is 2.48. The van der Waals surface area contributed by atoms with Crippen LogP contribution in [0, 0.1) is 11.3 Å². The van der Waals surface area contributed by atoms with Crippen LogP contribution >= 0.6 is 0 Å². The van der Waals surface area contributed by atoms with E-state index in [4.69, 9.17) is 4.74 Å². The lowest BCUT2D eigenvalue weighted by Crippen LogP contribution is -2.38. The molecule has 0 saturated carbocycles. The van der Waals surface area contributed by atoms with Crippen molar-refractivity contribution in [3.05, 3.63) is 170 Å². The molecule has 1 unspecified atom stereocenters. The second kappa shape index (κ2) is 15.0. The number of hydrogen-bond donors (Lipinski definition) is 0. The summed E-state index contributed by atoms with van der Waals surface area (Å²) in [4.78, 5) is 0. The molecule has 0 aromatic carbocycles. The summed E-state index contributed by atoms with van der Waals surface area (Å²) < 4.78 is 63.9. The van der Waals surface area contributed by atoms with Gasteiger partial charge in [0, 0.05) is 11.1 Å². The molecule has 0 N–H and O–H groups in total. The topological polar surface area (TPSA) is 9.23 Å². The van der Waals surface area contributed by atoms with E-state index in [2.05, 4.69) is 59.2 Å². The quantitative estimate of drug-likeness (QED) is 0.0739. The van der Waals surface area contributed by atoms with Crippen LogP contribution in [-0.4, -0.2) is 6.11 Å². The molecule has 218 valence electrons. The van der Waals surface area contributed by atoms with Crippen LogP contribution in [0.2, 0.25) is 0 Å². The van der Waals surface area contributed by atoms with Crippen molar-refractivity contribution in [3.63, 3.8) is 0 Å². The number of ether oxygens (including phenoxy) is 1. The van der Waals surface area contributed by atoms with Gasteiger partial charge in [0.2, 0.25) is 0 Å². The second-order valence-corrected chi connectivity index (χ2v) is 10.2. The summed E-state index contributed by atoms with van der Waals surface area (Å²) in [5.41, 5.74) is -0.212. The molecule has 1 aliphatic carbocycles. The summed E-state index contributed by atoms with van der Waals surface area (Å²) in [5, 5.41) is 0. The van der Waals surface area contributed by atoms with E-state index >= 15 is 0 Å². The van der Waals surface area contributed by atoms with Crippen molar-refractivity contribution in [1.82, 2.24) is 0 Å². The van der Waals surface area contributed by atoms with Crippen molar-refractivity contribution in [2.75, 3.05) is 0 Å². The largest absolute Gasteiger partial charge is 0.433 e. The van der Waals surface area contributed by atoms with Gasteiger partial charge in [-0.25, -0.2) is 8.78 Å². The van der Waals surface area contributed by atoms with Crippen molar-refractivity contribution in [3.8, 4) is 0 Å². The molecule has 0 aromatic heterocycles. The van der Waals surface area contributed by atoms with E-state index in [0.717, 1.165) is 24.1 Å². The number of hydrogen-bond acceptors (Lipinski definition) is 1. The van der Waals surface area contributed by atoms with E-state index in [1.807, 2.05) is 6.92 Å². The maximum absolute atomic E-state index is 14.9. The summed E-state index contributed by atoms with van der Waals surface area (Å²) in [5.74, 6) is -1.87. The van der Waals surface area contributed by atoms with Gasteiger partial charge in [-0.2, -0.15) is 8.78 Å². The minimum Gasteiger partial charge on any atom is -0.433 e. The molecule has 1 nitrogen and oxygen atoms in total. The third kappa shape index (κ3) is 10.4. The molecule has 0 saturated heterocycles. The first-order chi connectivity index (χ1) is 18.9. The Bertz CT molecular complexity index is 1310. The van der Waals surface area contributed by atoms with Crippen LogP contribution in [0.15, 0.2) is 170 Å². The SMILES string of the molecule is C=CCCC(=C)/C=C\C(=C)C(=C)/C(F)=C\C(=C)C(=C)/C(F)=C\C(=C)C(=C)/C=C\C(=C)OC(F)(F)[C@@]1(C)C=CC(C)C1. The fraction of sp³-hybridized carbons (Fsp3) is 0.222. The van der Waals surface area contributed by atoms with Gasteiger partial charge >= 0.3 is 6.11 Å². The van der Waals surface area contributed by atoms with Crippen molar-refractivity contribution in [2.45, 2.75) is 39.2 Å². The van der Waals surface area contributed by atoms with Crippen LogP contribution in [0.1, 0.15) is 33.1 Å². The Labute approximate surface area is 243 Å². The van der Waals surface area contributed by atoms with E-state index in [1.165, 1.54) is 25.2 Å². The predicted octanol–water partition coefficient (Wildman–Crippen LogP) is 11.4. The number of alkyl halides is 2. The Morgan fingerprint density at radius 3 is 1.93 bits per heavy atom. The summed E-state index contributed by atoms with van der Waals surface area (Å²) in [6.45, 7) is 36.6. The second-order valence-electron chi connectivity index (χ2n) is 10.2. The standard InChI is InChI=1S/C36H40F4O/c1-12-13-14-24(2)15-16-27(5)31(9)34(38)22-29(7)32(10)33(37)21-28(6)26(4)17-18-30(8)41-36(39,40)35(11)20-19-25(3)23-35/h12,15-22,25H,1-2,4-10,13-14,23H2,3,11H3/b16-15-,18-17-,33-21+,34-22+/t25?,35-/m0/s1. The Balaban J connectivity index is 2.80. The van der Waals surface area contributed by atoms with Gasteiger partial charge in [0.05, 0.1) is 5.41 Å². The molecule has 0 aromatic rings. The highest BCUT2D eigenvalue weighted by molar-refractivity contribution is 5.55. The highest BCUT2D eigenvalue weighted by atomic mass is 19.3. The third-order valence-electron chi connectivity index (χ3n) is 6.49. The first-order valence-electron chi connectivity index (χ1n) is 12.9. The van der Waals surface area contributed by atoms with Crippen LogP contribution in [0.3, 0.4) is 0 Å². The van der Waals surface area contributed by atoms with E-state index in [9.17, 15) is 17.6 Å². The van der Waals surface area contributed by atoms with Crippen molar-refractivity contribution in [2.24, 2.45) is 11.3 Å². The van der Waals surface area contributed by atoms with Crippen LogP contribution < -0.4 is 0 Å². The zero-order valence-electron chi connectivity index (χ0n) is 24.2. The van der Waals surface area contributed by atoms with Gasteiger partial charge in [0.1, 0.15) is 17.4 Å². The molecule has 0 aliphatic heterocycles. The zero-order chi connectivity index (χ0) is 31.5. The average molecular weight is 565 g/mol. The Kier molecular flexibility index (Phi) is 12.8. The summed E-state index contributed by atoms with van der Waals surface area (Å²) >= 11 is 0. The average Bonchev–Trinajstić information content (AvgIpc) is 3.27. The summed E-state index contributed by atoms with van der Waals surface area (Å²) in [6.07, 6.45) is 11.1. The number of allylic oxidation sites excluding steroid dienone is 17. The minimum atomic E-state index is -3.48. The first kappa shape index (κ1) is 34.9. The molecule has 0 radical (unpaired) electrons. The highest BCUT2D eigenvalue weighted by Gasteiger charge is 2.53. The van der Waals surface area contributed by atoms with Gasteiger partial charge in [-0.05, 0) is 72.6 Å². The molecule has 0 bridgehead atoms. The van der Waals surface area contributed by atoms with Crippen molar-refractivity contribution < 1.29 is 22.3 Å². The maximum atomic E-state index is 14.9. The van der Waals surface area contributed by atoms with Gasteiger partial charge in [-0.3, -0.25) is 0 Å². The molecular formula is C36H40F4O. The van der Waals surface area contributed by atoms with Gasteiger partial charge in [0.15, 0.2) is 0 Å². The fourth-order valence-corrected chi connectivity index (χ4v) is 3.67. The Morgan fingerprint density at radius 1 is 0.854 bits per heavy atom. The van der Waals surface area contributed by atoms with Gasteiger partial charge in [-0.1, -0.05) is 102 Å². The predicted molar refractivity (Wildman–Crippen MR) is 166 cm³/mol. The normalized spacial score (nSPS) is 19.3. The molecule has 2 atom stereocenters. The van der Waals surface area contributed by atoms with E-state index < -0.39 is 23.2 Å². The van der Waals surface area contributed by atoms with Crippen LogP contribution in [0.4, 0.5) is 17.6 Å². The molecule has 1 aliphatic rings. The van der Waals surface area contributed by atoms with Gasteiger partial charge in [-0.15, -0.1) is 6.58 Å². The lowest BCUT2D eigenvalue weighted by atomic mass is 9.86. The molecule has 41 heavy (non-hydrogen) atoms. The molecule has 0 fully saturated rings. The fourth-order valence-electron chi connectivity index (χ4n) is 3.67. The van der Waals surface area contributed by atoms with Crippen LogP contribution in [-0.2, 0) is 4.74 Å². The summed E-state index contributed by atoms with van der Waals surface area (Å²) in [6, 6.07) is 0. The molecule has 0 amide bonds. The van der Waals surface area contributed by atoms with E-state index in [-0.39, 0.29) is 46.0 Å². The van der Waals surface area contributed by atoms with Crippen molar-refractivity contribution in [1.29, 1.82) is 0 Å². The number of halogens is 4. The van der Waals surface area contributed by atoms with Gasteiger partial charge < -0.3 is 4.74 Å². The maximum Gasteiger partial charge on any atom is 0.406 e. The molecule has 0 heterocycles. The molecule has 1 rings (SSSR count). The molecule has 5 heteroatoms. The Hall–Kier alpha value is -4.12. The molecular weight excluding hydrogens is 524 g/mol. The van der Waals surface area contributed by atoms with E-state index in [0.29, 0.717) is 12.0 Å². The summed E-state index contributed by atoms with van der Waals surface area (Å²) in [7, 11) is 0. The van der Waals surface area contributed by atoms with Gasteiger partial charge in [0.25, 0.3) is 0 Å². The van der Waals surface area contributed by atoms with Crippen LogP contribution in [0.5, 0.6) is 0 Å². The zero-order valence-corrected chi connectivity index (χ0v) is 24.2. The lowest BCUT2D eigenvalue weighted by molar-refractivity contribution is -0.269. The van der Waals surface area contributed by atoms with Crippen molar-refractivity contribution >= 4 is 0 Å². The lowest BCUT2D eigenvalue weighted by Gasteiger charge is -2.32. The van der Waals surface area contributed by atoms with E-state index in [1.54, 1.807) is 24.3 Å². The number of rotatable bonds is 17. The first-order valence-corrected chi connectivity index (χ1v) is 12.9. The smallest absolute Gasteiger partial charge is 0.406 e. The minimum absolute atomic E-state index is 0.000447. The Morgan fingerprint density at radius 2 is 1.39 bits per heavy atom.